The third kappa shape index (κ3) is 4.38. The van der Waals surface area contributed by atoms with E-state index in [1.807, 2.05) is 13.8 Å². The van der Waals surface area contributed by atoms with Gasteiger partial charge in [-0.15, -0.1) is 0 Å². The maximum absolute atomic E-state index is 11.2. The van der Waals surface area contributed by atoms with Crippen LogP contribution in [0.5, 0.6) is 5.75 Å². The second kappa shape index (κ2) is 7.09. The number of rotatable bonds is 8. The lowest BCUT2D eigenvalue weighted by Gasteiger charge is -2.22. The highest BCUT2D eigenvalue weighted by atomic mass is 16.6. The minimum Gasteiger partial charge on any atom is -0.487 e. The lowest BCUT2D eigenvalue weighted by molar-refractivity contribution is -0.385. The standard InChI is InChI=1S/C14H22N2O4/c1-4-9-20-12-8-6-7-11(13(12)16(18)19)15-10-14(3,17)5-2/h6-8,15,17H,4-5,9-10H2,1-3H3. The number of ether oxygens (including phenoxy) is 1. The van der Waals surface area contributed by atoms with Crippen molar-refractivity contribution >= 4 is 11.4 Å². The van der Waals surface area contributed by atoms with Gasteiger partial charge in [-0.25, -0.2) is 0 Å². The molecule has 0 fully saturated rings. The van der Waals surface area contributed by atoms with Crippen molar-refractivity contribution in [1.29, 1.82) is 0 Å². The van der Waals surface area contributed by atoms with Crippen LogP contribution in [0.25, 0.3) is 0 Å². The first kappa shape index (κ1) is 16.2. The van der Waals surface area contributed by atoms with E-state index in [1.165, 1.54) is 0 Å². The van der Waals surface area contributed by atoms with Crippen LogP contribution in [0.1, 0.15) is 33.6 Å². The third-order valence-electron chi connectivity index (χ3n) is 3.06. The minimum atomic E-state index is -0.909. The van der Waals surface area contributed by atoms with Crippen LogP contribution in [0.3, 0.4) is 0 Å². The maximum atomic E-state index is 11.2. The van der Waals surface area contributed by atoms with Gasteiger partial charge in [-0.3, -0.25) is 10.1 Å². The molecule has 0 heterocycles. The molecule has 6 heteroatoms. The van der Waals surface area contributed by atoms with Gasteiger partial charge in [-0.2, -0.15) is 0 Å². The van der Waals surface area contributed by atoms with Crippen molar-refractivity contribution in [3.8, 4) is 5.75 Å². The molecule has 0 spiro atoms. The number of nitro groups is 1. The zero-order valence-electron chi connectivity index (χ0n) is 12.2. The molecule has 0 aliphatic carbocycles. The van der Waals surface area contributed by atoms with E-state index in [0.717, 1.165) is 6.42 Å². The molecule has 0 amide bonds. The number of hydrogen-bond acceptors (Lipinski definition) is 5. The van der Waals surface area contributed by atoms with Crippen LogP contribution >= 0.6 is 0 Å². The largest absolute Gasteiger partial charge is 0.487 e. The fourth-order valence-electron chi connectivity index (χ4n) is 1.59. The molecule has 0 saturated carbocycles. The van der Waals surface area contributed by atoms with Gasteiger partial charge < -0.3 is 15.2 Å². The van der Waals surface area contributed by atoms with Gasteiger partial charge in [0.2, 0.25) is 0 Å². The summed E-state index contributed by atoms with van der Waals surface area (Å²) in [6, 6.07) is 4.89. The van der Waals surface area contributed by atoms with E-state index in [9.17, 15) is 15.2 Å². The van der Waals surface area contributed by atoms with E-state index in [-0.39, 0.29) is 18.0 Å². The fourth-order valence-corrected chi connectivity index (χ4v) is 1.59. The van der Waals surface area contributed by atoms with Crippen LogP contribution in [0, 0.1) is 10.1 Å². The predicted molar refractivity (Wildman–Crippen MR) is 78.3 cm³/mol. The fraction of sp³-hybridized carbons (Fsp3) is 0.571. The molecule has 0 bridgehead atoms. The Morgan fingerprint density at radius 2 is 2.15 bits per heavy atom. The summed E-state index contributed by atoms with van der Waals surface area (Å²) in [7, 11) is 0. The van der Waals surface area contributed by atoms with Crippen LogP contribution < -0.4 is 10.1 Å². The van der Waals surface area contributed by atoms with Crippen LogP contribution in [-0.4, -0.2) is 28.8 Å². The number of nitro benzene ring substituents is 1. The predicted octanol–water partition coefficient (Wildman–Crippen LogP) is 2.96. The van der Waals surface area contributed by atoms with Crippen molar-refractivity contribution in [3.63, 3.8) is 0 Å². The highest BCUT2D eigenvalue weighted by Crippen LogP contribution is 2.35. The van der Waals surface area contributed by atoms with Gasteiger partial charge in [-0.05, 0) is 31.9 Å². The van der Waals surface area contributed by atoms with Gasteiger partial charge in [0.05, 0.1) is 17.1 Å². The zero-order valence-corrected chi connectivity index (χ0v) is 12.2. The average molecular weight is 282 g/mol. The Labute approximate surface area is 118 Å². The quantitative estimate of drug-likeness (QED) is 0.565. The SMILES string of the molecule is CCCOc1cccc(NCC(C)(O)CC)c1[N+](=O)[O-]. The van der Waals surface area contributed by atoms with Gasteiger partial charge >= 0.3 is 5.69 Å². The van der Waals surface area contributed by atoms with Gasteiger partial charge in [0.25, 0.3) is 0 Å². The van der Waals surface area contributed by atoms with Crippen molar-refractivity contribution in [1.82, 2.24) is 0 Å². The Morgan fingerprint density at radius 1 is 1.45 bits per heavy atom. The molecule has 0 radical (unpaired) electrons. The lowest BCUT2D eigenvalue weighted by Crippen LogP contribution is -2.32. The van der Waals surface area contributed by atoms with Crippen LogP contribution in [-0.2, 0) is 0 Å². The Balaban J connectivity index is 2.97. The maximum Gasteiger partial charge on any atom is 0.333 e. The molecule has 0 saturated heterocycles. The van der Waals surface area contributed by atoms with Crippen LogP contribution in [0.2, 0.25) is 0 Å². The topological polar surface area (TPSA) is 84.6 Å². The van der Waals surface area contributed by atoms with Crippen molar-refractivity contribution < 1.29 is 14.8 Å². The van der Waals surface area contributed by atoms with Gasteiger partial charge in [0, 0.05) is 6.54 Å². The first-order valence-electron chi connectivity index (χ1n) is 6.77. The molecular formula is C14H22N2O4. The first-order chi connectivity index (χ1) is 9.41. The first-order valence-corrected chi connectivity index (χ1v) is 6.77. The van der Waals surface area contributed by atoms with Crippen molar-refractivity contribution in [3.05, 3.63) is 28.3 Å². The van der Waals surface area contributed by atoms with E-state index in [1.54, 1.807) is 25.1 Å². The number of nitrogens with one attached hydrogen (secondary N) is 1. The van der Waals surface area contributed by atoms with Crippen LogP contribution in [0.15, 0.2) is 18.2 Å². The average Bonchev–Trinajstić information content (AvgIpc) is 2.42. The van der Waals surface area contributed by atoms with E-state index in [0.29, 0.717) is 18.7 Å². The number of para-hydroxylation sites is 1. The molecule has 0 aromatic heterocycles. The normalized spacial score (nSPS) is 13.6. The lowest BCUT2D eigenvalue weighted by atomic mass is 10.0. The second-order valence-corrected chi connectivity index (χ2v) is 4.96. The van der Waals surface area contributed by atoms with Crippen molar-refractivity contribution in [2.75, 3.05) is 18.5 Å². The number of hydrogen-bond donors (Lipinski definition) is 2. The highest BCUT2D eigenvalue weighted by Gasteiger charge is 2.23. The molecule has 1 atom stereocenters. The molecule has 0 aliphatic heterocycles. The minimum absolute atomic E-state index is 0.0900. The van der Waals surface area contributed by atoms with E-state index >= 15 is 0 Å². The molecule has 1 rings (SSSR count). The summed E-state index contributed by atoms with van der Waals surface area (Å²) in [4.78, 5) is 10.8. The molecule has 1 aromatic rings. The van der Waals surface area contributed by atoms with Gasteiger partial charge in [0.1, 0.15) is 5.69 Å². The third-order valence-corrected chi connectivity index (χ3v) is 3.06. The van der Waals surface area contributed by atoms with E-state index < -0.39 is 10.5 Å². The Morgan fingerprint density at radius 3 is 2.70 bits per heavy atom. The van der Waals surface area contributed by atoms with E-state index in [2.05, 4.69) is 5.32 Å². The molecule has 20 heavy (non-hydrogen) atoms. The number of anilines is 1. The second-order valence-electron chi connectivity index (χ2n) is 4.96. The molecule has 112 valence electrons. The van der Waals surface area contributed by atoms with Crippen molar-refractivity contribution in [2.24, 2.45) is 0 Å². The molecular weight excluding hydrogens is 260 g/mol. The summed E-state index contributed by atoms with van der Waals surface area (Å²) in [6.07, 6.45) is 1.33. The number of aliphatic hydroxyl groups is 1. The summed E-state index contributed by atoms with van der Waals surface area (Å²) >= 11 is 0. The van der Waals surface area contributed by atoms with Crippen molar-refractivity contribution in [2.45, 2.75) is 39.2 Å². The Bertz CT molecular complexity index is 460. The monoisotopic (exact) mass is 282 g/mol. The van der Waals surface area contributed by atoms with Gasteiger partial charge in [-0.1, -0.05) is 19.9 Å². The number of benzene rings is 1. The number of nitrogens with zero attached hydrogens (tertiary/aromatic N) is 1. The highest BCUT2D eigenvalue weighted by molar-refractivity contribution is 5.68. The summed E-state index contributed by atoms with van der Waals surface area (Å²) in [5.41, 5.74) is -0.640. The summed E-state index contributed by atoms with van der Waals surface area (Å²) < 4.78 is 5.40. The summed E-state index contributed by atoms with van der Waals surface area (Å²) in [5, 5.41) is 24.1. The zero-order chi connectivity index (χ0) is 15.2. The molecule has 1 aromatic carbocycles. The molecule has 0 aliphatic rings. The van der Waals surface area contributed by atoms with E-state index in [4.69, 9.17) is 4.74 Å². The summed E-state index contributed by atoms with van der Waals surface area (Å²) in [5.74, 6) is 0.248. The molecule has 1 unspecified atom stereocenters. The molecule has 2 N–H and O–H groups in total. The van der Waals surface area contributed by atoms with Gasteiger partial charge in [0.15, 0.2) is 5.75 Å². The Kier molecular flexibility index (Phi) is 5.76. The Hall–Kier alpha value is -1.82. The van der Waals surface area contributed by atoms with Crippen LogP contribution in [0.4, 0.5) is 11.4 Å². The smallest absolute Gasteiger partial charge is 0.333 e. The molecule has 6 nitrogen and oxygen atoms in total. The summed E-state index contributed by atoms with van der Waals surface area (Å²) in [6.45, 7) is 6.14.